The molecule has 0 aliphatic carbocycles. The van der Waals surface area contributed by atoms with E-state index in [2.05, 4.69) is 4.99 Å². The Morgan fingerprint density at radius 3 is 2.59 bits per heavy atom. The number of anilines is 1. The minimum atomic E-state index is -3.13. The lowest BCUT2D eigenvalue weighted by Gasteiger charge is -2.27. The Morgan fingerprint density at radius 1 is 1.26 bits per heavy atom. The molecule has 0 bridgehead atoms. The number of aliphatic imine (C=N–C) groups is 1. The molecule has 0 saturated carbocycles. The lowest BCUT2D eigenvalue weighted by atomic mass is 10.1. The van der Waals surface area contributed by atoms with Crippen LogP contribution in [0, 0.1) is 0 Å². The number of nitrogens with zero attached hydrogens (tertiary/aromatic N) is 3. The molecule has 10 heteroatoms. The van der Waals surface area contributed by atoms with Gasteiger partial charge in [-0.25, -0.2) is 8.42 Å². The van der Waals surface area contributed by atoms with Gasteiger partial charge < -0.3 is 19.3 Å². The number of methoxy groups -OCH3 is 2. The molecule has 0 aromatic heterocycles. The molecule has 2 aliphatic rings. The number of hydrogen-bond donors (Lipinski definition) is 0. The van der Waals surface area contributed by atoms with Crippen LogP contribution >= 0.6 is 11.8 Å². The molecule has 8 nitrogen and oxygen atoms in total. The second-order valence-electron chi connectivity index (χ2n) is 6.61. The second kappa shape index (κ2) is 7.59. The van der Waals surface area contributed by atoms with Crippen LogP contribution in [0.1, 0.15) is 0 Å². The summed E-state index contributed by atoms with van der Waals surface area (Å²) in [5, 5.41) is 0.655. The molecule has 1 aromatic rings. The van der Waals surface area contributed by atoms with Gasteiger partial charge in [0.25, 0.3) is 0 Å². The Kier molecular flexibility index (Phi) is 5.57. The molecule has 2 aliphatic heterocycles. The number of thioether (sulfide) groups is 1. The third-order valence-corrected chi connectivity index (χ3v) is 7.23. The lowest BCUT2D eigenvalue weighted by molar-refractivity contribution is -0.125. The van der Waals surface area contributed by atoms with Gasteiger partial charge in [0.2, 0.25) is 5.91 Å². The predicted molar refractivity (Wildman–Crippen MR) is 107 cm³/mol. The SMILES string of the molecule is COc1ccc(N2C(SCC(=O)N(C)C)=N[C@H]3CS(=O)(=O)C[C@H]32)cc1OC. The van der Waals surface area contributed by atoms with Crippen molar-refractivity contribution in [3.8, 4) is 11.5 Å². The number of carbonyl (C=O) groups is 1. The minimum absolute atomic E-state index is 0.0281. The van der Waals surface area contributed by atoms with E-state index in [4.69, 9.17) is 9.47 Å². The average molecular weight is 414 g/mol. The smallest absolute Gasteiger partial charge is 0.232 e. The van der Waals surface area contributed by atoms with Crippen LogP contribution in [0.2, 0.25) is 0 Å². The topological polar surface area (TPSA) is 88.5 Å². The Hall–Kier alpha value is -1.94. The molecule has 0 spiro atoms. The molecule has 0 radical (unpaired) electrons. The third-order valence-electron chi connectivity index (χ3n) is 4.58. The standard InChI is InChI=1S/C17H23N3O5S2/c1-19(2)16(21)8-26-17-18-12-9-27(22,23)10-13(12)20(17)11-5-6-14(24-3)15(7-11)25-4/h5-7,12-13H,8-10H2,1-4H3/t12-,13+/m0/s1. The van der Waals surface area contributed by atoms with Gasteiger partial charge in [0.05, 0.1) is 43.6 Å². The highest BCUT2D eigenvalue weighted by Gasteiger charge is 2.47. The van der Waals surface area contributed by atoms with Crippen molar-refractivity contribution < 1.29 is 22.7 Å². The molecule has 0 N–H and O–H groups in total. The molecule has 3 rings (SSSR count). The van der Waals surface area contributed by atoms with Gasteiger partial charge in [0, 0.05) is 25.8 Å². The molecule has 2 heterocycles. The molecule has 1 amide bonds. The summed E-state index contributed by atoms with van der Waals surface area (Å²) < 4.78 is 34.9. The fourth-order valence-corrected chi connectivity index (χ4v) is 6.11. The van der Waals surface area contributed by atoms with Crippen molar-refractivity contribution in [3.05, 3.63) is 18.2 Å². The van der Waals surface area contributed by atoms with Crippen molar-refractivity contribution >= 4 is 38.4 Å². The molecular formula is C17H23N3O5S2. The summed E-state index contributed by atoms with van der Waals surface area (Å²) in [4.78, 5) is 20.0. The Bertz CT molecular complexity index is 869. The molecular weight excluding hydrogens is 390 g/mol. The zero-order chi connectivity index (χ0) is 19.8. The summed E-state index contributed by atoms with van der Waals surface area (Å²) >= 11 is 1.32. The first-order chi connectivity index (χ1) is 12.8. The number of amidine groups is 1. The summed E-state index contributed by atoms with van der Waals surface area (Å²) in [5.41, 5.74) is 0.765. The van der Waals surface area contributed by atoms with E-state index in [-0.39, 0.29) is 35.2 Å². The van der Waals surface area contributed by atoms with Crippen molar-refractivity contribution in [1.29, 1.82) is 0 Å². The van der Waals surface area contributed by atoms with E-state index < -0.39 is 9.84 Å². The van der Waals surface area contributed by atoms with Gasteiger partial charge in [-0.1, -0.05) is 11.8 Å². The monoisotopic (exact) mass is 413 g/mol. The van der Waals surface area contributed by atoms with Crippen LogP contribution in [-0.2, 0) is 14.6 Å². The van der Waals surface area contributed by atoms with E-state index in [1.54, 1.807) is 40.4 Å². The zero-order valence-corrected chi connectivity index (χ0v) is 17.3. The van der Waals surface area contributed by atoms with E-state index in [9.17, 15) is 13.2 Å². The number of sulfone groups is 1. The summed E-state index contributed by atoms with van der Waals surface area (Å²) in [5.74, 6) is 1.42. The highest BCUT2D eigenvalue weighted by Crippen LogP contribution is 2.38. The summed E-state index contributed by atoms with van der Waals surface area (Å²) in [6.45, 7) is 0. The second-order valence-corrected chi connectivity index (χ2v) is 9.71. The lowest BCUT2D eigenvalue weighted by Crippen LogP contribution is -2.39. The summed E-state index contributed by atoms with van der Waals surface area (Å²) in [6.07, 6.45) is 0. The van der Waals surface area contributed by atoms with Gasteiger partial charge in [-0.15, -0.1) is 0 Å². The third kappa shape index (κ3) is 4.01. The van der Waals surface area contributed by atoms with Crippen LogP contribution in [0.4, 0.5) is 5.69 Å². The maximum atomic E-state index is 12.1. The van der Waals surface area contributed by atoms with Gasteiger partial charge >= 0.3 is 0 Å². The molecule has 27 heavy (non-hydrogen) atoms. The van der Waals surface area contributed by atoms with E-state index in [0.29, 0.717) is 16.7 Å². The van der Waals surface area contributed by atoms with Crippen LogP contribution in [-0.4, -0.2) is 82.0 Å². The first-order valence-corrected chi connectivity index (χ1v) is 11.2. The number of ether oxygens (including phenoxy) is 2. The number of rotatable bonds is 5. The molecule has 2 atom stereocenters. The van der Waals surface area contributed by atoms with Gasteiger partial charge in [-0.2, -0.15) is 0 Å². The Balaban J connectivity index is 1.93. The van der Waals surface area contributed by atoms with E-state index >= 15 is 0 Å². The van der Waals surface area contributed by atoms with E-state index in [1.165, 1.54) is 16.7 Å². The predicted octanol–water partition coefficient (Wildman–Crippen LogP) is 0.867. The summed E-state index contributed by atoms with van der Waals surface area (Å²) in [6, 6.07) is 4.83. The van der Waals surface area contributed by atoms with Crippen molar-refractivity contribution in [2.45, 2.75) is 12.1 Å². The van der Waals surface area contributed by atoms with Crippen LogP contribution in [0.15, 0.2) is 23.2 Å². The fourth-order valence-electron chi connectivity index (χ4n) is 3.17. The molecule has 0 unspecified atom stereocenters. The first-order valence-electron chi connectivity index (χ1n) is 8.38. The highest BCUT2D eigenvalue weighted by molar-refractivity contribution is 8.14. The highest BCUT2D eigenvalue weighted by atomic mass is 32.2. The van der Waals surface area contributed by atoms with Crippen molar-refractivity contribution in [3.63, 3.8) is 0 Å². The van der Waals surface area contributed by atoms with Gasteiger partial charge in [-0.05, 0) is 12.1 Å². The van der Waals surface area contributed by atoms with Crippen molar-refractivity contribution in [2.75, 3.05) is 50.5 Å². The maximum Gasteiger partial charge on any atom is 0.232 e. The Morgan fingerprint density at radius 2 is 1.96 bits per heavy atom. The first kappa shape index (κ1) is 19.8. The van der Waals surface area contributed by atoms with Crippen LogP contribution in [0.3, 0.4) is 0 Å². The molecule has 1 aromatic carbocycles. The van der Waals surface area contributed by atoms with Crippen molar-refractivity contribution in [1.82, 2.24) is 4.90 Å². The molecule has 1 saturated heterocycles. The molecule has 1 fully saturated rings. The maximum absolute atomic E-state index is 12.1. The van der Waals surface area contributed by atoms with Gasteiger partial charge in [0.15, 0.2) is 26.5 Å². The number of benzene rings is 1. The van der Waals surface area contributed by atoms with E-state index in [1.807, 2.05) is 11.0 Å². The number of amides is 1. The van der Waals surface area contributed by atoms with Gasteiger partial charge in [-0.3, -0.25) is 9.79 Å². The zero-order valence-electron chi connectivity index (χ0n) is 15.7. The number of carbonyl (C=O) groups excluding carboxylic acids is 1. The molecule has 148 valence electrons. The van der Waals surface area contributed by atoms with Crippen LogP contribution in [0.5, 0.6) is 11.5 Å². The van der Waals surface area contributed by atoms with Crippen LogP contribution in [0.25, 0.3) is 0 Å². The average Bonchev–Trinajstić information content (AvgIpc) is 3.09. The summed E-state index contributed by atoms with van der Waals surface area (Å²) in [7, 11) is 3.38. The number of fused-ring (bicyclic) bond motifs is 1. The van der Waals surface area contributed by atoms with E-state index in [0.717, 1.165) is 5.69 Å². The van der Waals surface area contributed by atoms with Gasteiger partial charge in [0.1, 0.15) is 0 Å². The largest absolute Gasteiger partial charge is 0.493 e. The minimum Gasteiger partial charge on any atom is -0.493 e. The fraction of sp³-hybridized carbons (Fsp3) is 0.529. The normalized spacial score (nSPS) is 23.0. The van der Waals surface area contributed by atoms with Crippen LogP contribution < -0.4 is 14.4 Å². The Labute approximate surface area is 163 Å². The van der Waals surface area contributed by atoms with Crippen molar-refractivity contribution in [2.24, 2.45) is 4.99 Å². The number of hydrogen-bond acceptors (Lipinski definition) is 8. The quantitative estimate of drug-likeness (QED) is 0.708.